The number of benzene rings is 2. The molecule has 3 nitrogen and oxygen atoms in total. The first-order valence-corrected chi connectivity index (χ1v) is 8.19. The zero-order chi connectivity index (χ0) is 15.7. The van der Waals surface area contributed by atoms with Crippen LogP contribution in [0.25, 0.3) is 16.6 Å². The van der Waals surface area contributed by atoms with E-state index >= 15 is 0 Å². The maximum atomic E-state index is 13.0. The summed E-state index contributed by atoms with van der Waals surface area (Å²) in [7, 11) is 0. The summed E-state index contributed by atoms with van der Waals surface area (Å²) in [5, 5.41) is 0.644. The lowest BCUT2D eigenvalue weighted by Crippen LogP contribution is -2.25. The van der Waals surface area contributed by atoms with Gasteiger partial charge < -0.3 is 0 Å². The Bertz CT molecular complexity index is 886. The molecule has 0 saturated carbocycles. The van der Waals surface area contributed by atoms with Gasteiger partial charge in [-0.3, -0.25) is 9.36 Å². The molecule has 1 heterocycles. The van der Waals surface area contributed by atoms with Crippen LogP contribution >= 0.6 is 15.9 Å². The maximum absolute atomic E-state index is 13.0. The second-order valence-corrected chi connectivity index (χ2v) is 6.24. The van der Waals surface area contributed by atoms with Gasteiger partial charge in [0.15, 0.2) is 0 Å². The van der Waals surface area contributed by atoms with E-state index < -0.39 is 0 Å². The summed E-state index contributed by atoms with van der Waals surface area (Å²) >= 11 is 3.55. The number of aromatic nitrogens is 2. The van der Waals surface area contributed by atoms with Crippen LogP contribution in [0.15, 0.2) is 57.8 Å². The molecule has 0 bridgehead atoms. The summed E-state index contributed by atoms with van der Waals surface area (Å²) in [6.45, 7) is 4.21. The van der Waals surface area contributed by atoms with Crippen molar-refractivity contribution in [2.45, 2.75) is 26.2 Å². The Morgan fingerprint density at radius 2 is 1.82 bits per heavy atom. The van der Waals surface area contributed by atoms with E-state index in [0.29, 0.717) is 5.39 Å². The number of hydrogen-bond donors (Lipinski definition) is 0. The van der Waals surface area contributed by atoms with E-state index in [-0.39, 0.29) is 11.5 Å². The number of nitrogens with zero attached hydrogens (tertiary/aromatic N) is 2. The fraction of sp³-hybridized carbons (Fsp3) is 0.222. The van der Waals surface area contributed by atoms with E-state index in [1.807, 2.05) is 48.5 Å². The minimum atomic E-state index is -0.0206. The average molecular weight is 357 g/mol. The predicted molar refractivity (Wildman–Crippen MR) is 93.7 cm³/mol. The highest BCUT2D eigenvalue weighted by Crippen LogP contribution is 2.25. The molecule has 1 atom stereocenters. The molecule has 0 unspecified atom stereocenters. The Balaban J connectivity index is 2.43. The van der Waals surface area contributed by atoms with Crippen molar-refractivity contribution in [2.75, 3.05) is 0 Å². The summed E-state index contributed by atoms with van der Waals surface area (Å²) in [5.74, 6) is 1.00. The molecule has 0 amide bonds. The molecule has 0 spiro atoms. The van der Waals surface area contributed by atoms with E-state index in [1.165, 1.54) is 0 Å². The third-order valence-electron chi connectivity index (χ3n) is 3.95. The number of rotatable bonds is 3. The Morgan fingerprint density at radius 3 is 2.55 bits per heavy atom. The highest BCUT2D eigenvalue weighted by Gasteiger charge is 2.17. The van der Waals surface area contributed by atoms with Crippen molar-refractivity contribution in [2.24, 2.45) is 0 Å². The summed E-state index contributed by atoms with van der Waals surface area (Å²) in [5.41, 5.74) is 1.57. The van der Waals surface area contributed by atoms with Crippen molar-refractivity contribution >= 4 is 26.8 Å². The monoisotopic (exact) mass is 356 g/mol. The molecule has 0 aliphatic heterocycles. The Hall–Kier alpha value is -1.94. The van der Waals surface area contributed by atoms with Crippen LogP contribution in [-0.2, 0) is 0 Å². The summed E-state index contributed by atoms with van der Waals surface area (Å²) in [6, 6.07) is 15.3. The Labute approximate surface area is 137 Å². The molecule has 0 fully saturated rings. The second kappa shape index (κ2) is 6.05. The molecule has 22 heavy (non-hydrogen) atoms. The van der Waals surface area contributed by atoms with Crippen LogP contribution < -0.4 is 5.56 Å². The van der Waals surface area contributed by atoms with Crippen LogP contribution in [0.5, 0.6) is 0 Å². The van der Waals surface area contributed by atoms with E-state index in [0.717, 1.165) is 27.9 Å². The van der Waals surface area contributed by atoms with Gasteiger partial charge in [0.2, 0.25) is 0 Å². The van der Waals surface area contributed by atoms with E-state index in [4.69, 9.17) is 4.98 Å². The molecule has 112 valence electrons. The maximum Gasteiger partial charge on any atom is 0.266 e. The SMILES string of the molecule is CC[C@@H](C)c1nc2ccccc2c(=O)n1-c1ccccc1Br. The number of para-hydroxylation sites is 2. The lowest BCUT2D eigenvalue weighted by Gasteiger charge is -2.18. The van der Waals surface area contributed by atoms with Crippen molar-refractivity contribution in [1.82, 2.24) is 9.55 Å². The predicted octanol–water partition coefficient (Wildman–Crippen LogP) is 4.66. The third-order valence-corrected chi connectivity index (χ3v) is 4.62. The van der Waals surface area contributed by atoms with Gasteiger partial charge in [-0.2, -0.15) is 0 Å². The van der Waals surface area contributed by atoms with Gasteiger partial charge >= 0.3 is 0 Å². The minimum absolute atomic E-state index is 0.0206. The average Bonchev–Trinajstić information content (AvgIpc) is 2.55. The van der Waals surface area contributed by atoms with E-state index in [2.05, 4.69) is 29.8 Å². The molecule has 3 rings (SSSR count). The third kappa shape index (κ3) is 2.48. The van der Waals surface area contributed by atoms with Crippen LogP contribution in [0.2, 0.25) is 0 Å². The van der Waals surface area contributed by atoms with E-state index in [9.17, 15) is 4.79 Å². The molecule has 4 heteroatoms. The van der Waals surface area contributed by atoms with Gasteiger partial charge in [-0.05, 0) is 46.6 Å². The normalized spacial score (nSPS) is 12.5. The van der Waals surface area contributed by atoms with E-state index in [1.54, 1.807) is 4.57 Å². The summed E-state index contributed by atoms with van der Waals surface area (Å²) in [4.78, 5) is 17.8. The molecule has 1 aromatic heterocycles. The van der Waals surface area contributed by atoms with Gasteiger partial charge in [0, 0.05) is 10.4 Å². The fourth-order valence-electron chi connectivity index (χ4n) is 2.53. The number of halogens is 1. The van der Waals surface area contributed by atoms with Crippen LogP contribution in [0, 0.1) is 0 Å². The molecular weight excluding hydrogens is 340 g/mol. The lowest BCUT2D eigenvalue weighted by atomic mass is 10.1. The standard InChI is InChI=1S/C18H17BrN2O/c1-3-12(2)17-20-15-10-6-4-8-13(15)18(22)21(17)16-11-7-5-9-14(16)19/h4-12H,3H2,1-2H3/t12-/m1/s1. The number of fused-ring (bicyclic) bond motifs is 1. The van der Waals surface area contributed by atoms with Gasteiger partial charge in [-0.1, -0.05) is 38.1 Å². The molecule has 2 aromatic carbocycles. The van der Waals surface area contributed by atoms with Crippen molar-refractivity contribution in [3.05, 3.63) is 69.2 Å². The van der Waals surface area contributed by atoms with Gasteiger partial charge in [0.05, 0.1) is 16.6 Å². The molecule has 0 aliphatic carbocycles. The quantitative estimate of drug-likeness (QED) is 0.683. The van der Waals surface area contributed by atoms with Gasteiger partial charge in [0.25, 0.3) is 5.56 Å². The van der Waals surface area contributed by atoms with Crippen molar-refractivity contribution in [3.8, 4) is 5.69 Å². The van der Waals surface area contributed by atoms with Gasteiger partial charge in [-0.25, -0.2) is 4.98 Å². The van der Waals surface area contributed by atoms with Crippen molar-refractivity contribution in [3.63, 3.8) is 0 Å². The zero-order valence-corrected chi connectivity index (χ0v) is 14.2. The van der Waals surface area contributed by atoms with Crippen LogP contribution in [0.4, 0.5) is 0 Å². The fourth-order valence-corrected chi connectivity index (χ4v) is 2.99. The summed E-state index contributed by atoms with van der Waals surface area (Å²) < 4.78 is 2.62. The largest absolute Gasteiger partial charge is 0.268 e. The smallest absolute Gasteiger partial charge is 0.266 e. The van der Waals surface area contributed by atoms with Crippen LogP contribution in [-0.4, -0.2) is 9.55 Å². The van der Waals surface area contributed by atoms with Crippen LogP contribution in [0.3, 0.4) is 0 Å². The number of hydrogen-bond acceptors (Lipinski definition) is 2. The topological polar surface area (TPSA) is 34.9 Å². The highest BCUT2D eigenvalue weighted by molar-refractivity contribution is 9.10. The molecule has 0 N–H and O–H groups in total. The first-order chi connectivity index (χ1) is 10.6. The molecule has 3 aromatic rings. The van der Waals surface area contributed by atoms with Gasteiger partial charge in [-0.15, -0.1) is 0 Å². The van der Waals surface area contributed by atoms with Crippen LogP contribution in [0.1, 0.15) is 32.0 Å². The first-order valence-electron chi connectivity index (χ1n) is 7.40. The molecule has 0 saturated heterocycles. The molecular formula is C18H17BrN2O. The summed E-state index contributed by atoms with van der Waals surface area (Å²) in [6.07, 6.45) is 0.926. The zero-order valence-electron chi connectivity index (χ0n) is 12.6. The lowest BCUT2D eigenvalue weighted by molar-refractivity contribution is 0.648. The van der Waals surface area contributed by atoms with Gasteiger partial charge in [0.1, 0.15) is 5.82 Å². The second-order valence-electron chi connectivity index (χ2n) is 5.39. The molecule has 0 radical (unpaired) electrons. The Kier molecular flexibility index (Phi) is 4.12. The minimum Gasteiger partial charge on any atom is -0.268 e. The molecule has 0 aliphatic rings. The Morgan fingerprint density at radius 1 is 1.14 bits per heavy atom. The highest BCUT2D eigenvalue weighted by atomic mass is 79.9. The van der Waals surface area contributed by atoms with Crippen molar-refractivity contribution in [1.29, 1.82) is 0 Å². The first kappa shape index (κ1) is 15.0. The van der Waals surface area contributed by atoms with Crippen molar-refractivity contribution < 1.29 is 0 Å².